The molecule has 1 fully saturated rings. The van der Waals surface area contributed by atoms with Crippen molar-refractivity contribution in [1.29, 1.82) is 0 Å². The summed E-state index contributed by atoms with van der Waals surface area (Å²) in [6.45, 7) is 3.55. The standard InChI is InChI=1S/C14H20BrN3O2/c1-2-10-5-6-17(12(7-10)9-16)14-8-11(15)3-4-13(14)18(19)20/h3-4,8,10,12H,2,5-7,9,16H2,1H3. The second-order valence-electron chi connectivity index (χ2n) is 5.27. The van der Waals surface area contributed by atoms with Crippen LogP contribution in [0.2, 0.25) is 0 Å². The van der Waals surface area contributed by atoms with Crippen LogP contribution in [0.4, 0.5) is 11.4 Å². The number of nitro groups is 1. The van der Waals surface area contributed by atoms with Crippen molar-refractivity contribution in [3.8, 4) is 0 Å². The molecule has 2 atom stereocenters. The van der Waals surface area contributed by atoms with Crippen molar-refractivity contribution >= 4 is 27.3 Å². The maximum Gasteiger partial charge on any atom is 0.292 e. The lowest BCUT2D eigenvalue weighted by molar-refractivity contribution is -0.384. The van der Waals surface area contributed by atoms with E-state index in [2.05, 4.69) is 27.8 Å². The Morgan fingerprint density at radius 3 is 2.90 bits per heavy atom. The summed E-state index contributed by atoms with van der Waals surface area (Å²) in [5.74, 6) is 0.672. The molecule has 0 aliphatic carbocycles. The maximum absolute atomic E-state index is 11.2. The molecule has 2 rings (SSSR count). The first-order valence-corrected chi connectivity index (χ1v) is 7.76. The number of nitrogens with zero attached hydrogens (tertiary/aromatic N) is 2. The van der Waals surface area contributed by atoms with Gasteiger partial charge in [0.25, 0.3) is 5.69 Å². The van der Waals surface area contributed by atoms with E-state index in [1.807, 2.05) is 6.07 Å². The molecule has 5 nitrogen and oxygen atoms in total. The van der Waals surface area contributed by atoms with E-state index in [-0.39, 0.29) is 16.7 Å². The average Bonchev–Trinajstić information content (AvgIpc) is 2.46. The summed E-state index contributed by atoms with van der Waals surface area (Å²) in [6, 6.07) is 5.27. The number of halogens is 1. The SMILES string of the molecule is CCC1CCN(c2cc(Br)ccc2[N+](=O)[O-])C(CN)C1. The molecule has 110 valence electrons. The molecule has 1 aliphatic rings. The number of hydrogen-bond donors (Lipinski definition) is 1. The lowest BCUT2D eigenvalue weighted by atomic mass is 9.88. The van der Waals surface area contributed by atoms with Crippen molar-refractivity contribution in [2.24, 2.45) is 11.7 Å². The molecule has 1 aromatic carbocycles. The van der Waals surface area contributed by atoms with Crippen molar-refractivity contribution in [2.45, 2.75) is 32.2 Å². The third-order valence-electron chi connectivity index (χ3n) is 4.12. The van der Waals surface area contributed by atoms with Gasteiger partial charge in [-0.05, 0) is 30.9 Å². The molecular weight excluding hydrogens is 322 g/mol. The number of benzene rings is 1. The summed E-state index contributed by atoms with van der Waals surface area (Å²) in [6.07, 6.45) is 3.22. The van der Waals surface area contributed by atoms with Crippen molar-refractivity contribution in [3.05, 3.63) is 32.8 Å². The lowest BCUT2D eigenvalue weighted by Crippen LogP contribution is -2.47. The normalized spacial score (nSPS) is 22.9. The molecule has 1 saturated heterocycles. The van der Waals surface area contributed by atoms with Crippen molar-refractivity contribution in [2.75, 3.05) is 18.0 Å². The van der Waals surface area contributed by atoms with Gasteiger partial charge in [0.2, 0.25) is 0 Å². The van der Waals surface area contributed by atoms with Crippen LogP contribution < -0.4 is 10.6 Å². The minimum atomic E-state index is -0.318. The summed E-state index contributed by atoms with van der Waals surface area (Å²) in [5.41, 5.74) is 6.72. The van der Waals surface area contributed by atoms with Crippen LogP contribution in [-0.2, 0) is 0 Å². The molecule has 1 aromatic rings. The fourth-order valence-electron chi connectivity index (χ4n) is 2.93. The van der Waals surface area contributed by atoms with E-state index in [1.54, 1.807) is 12.1 Å². The van der Waals surface area contributed by atoms with Crippen LogP contribution in [-0.4, -0.2) is 24.1 Å². The van der Waals surface area contributed by atoms with E-state index in [1.165, 1.54) is 0 Å². The first-order chi connectivity index (χ1) is 9.56. The summed E-state index contributed by atoms with van der Waals surface area (Å²) >= 11 is 3.40. The van der Waals surface area contributed by atoms with E-state index >= 15 is 0 Å². The monoisotopic (exact) mass is 341 g/mol. The zero-order valence-corrected chi connectivity index (χ0v) is 13.2. The van der Waals surface area contributed by atoms with E-state index in [0.717, 1.165) is 30.3 Å². The number of anilines is 1. The largest absolute Gasteiger partial charge is 0.362 e. The van der Waals surface area contributed by atoms with Gasteiger partial charge >= 0.3 is 0 Å². The molecule has 6 heteroatoms. The minimum absolute atomic E-state index is 0.154. The molecule has 2 N–H and O–H groups in total. The van der Waals surface area contributed by atoms with Crippen LogP contribution in [0.25, 0.3) is 0 Å². The van der Waals surface area contributed by atoms with Gasteiger partial charge in [0.05, 0.1) is 4.92 Å². The van der Waals surface area contributed by atoms with Crippen LogP contribution in [0.15, 0.2) is 22.7 Å². The van der Waals surface area contributed by atoms with Gasteiger partial charge < -0.3 is 10.6 Å². The topological polar surface area (TPSA) is 72.4 Å². The quantitative estimate of drug-likeness (QED) is 0.673. The van der Waals surface area contributed by atoms with Gasteiger partial charge in [0, 0.05) is 29.7 Å². The molecule has 20 heavy (non-hydrogen) atoms. The zero-order valence-electron chi connectivity index (χ0n) is 11.6. The Morgan fingerprint density at radius 2 is 2.30 bits per heavy atom. The van der Waals surface area contributed by atoms with Crippen molar-refractivity contribution in [1.82, 2.24) is 0 Å². The Morgan fingerprint density at radius 1 is 1.55 bits per heavy atom. The van der Waals surface area contributed by atoms with E-state index in [0.29, 0.717) is 18.2 Å². The summed E-state index contributed by atoms with van der Waals surface area (Å²) in [7, 11) is 0. The highest BCUT2D eigenvalue weighted by molar-refractivity contribution is 9.10. The van der Waals surface area contributed by atoms with E-state index < -0.39 is 0 Å². The van der Waals surface area contributed by atoms with Gasteiger partial charge in [-0.2, -0.15) is 0 Å². The second kappa shape index (κ2) is 6.54. The van der Waals surface area contributed by atoms with Gasteiger partial charge in [0.15, 0.2) is 0 Å². The summed E-state index contributed by atoms with van der Waals surface area (Å²) in [4.78, 5) is 13.0. The van der Waals surface area contributed by atoms with Gasteiger partial charge in [-0.3, -0.25) is 10.1 Å². The number of rotatable bonds is 4. The number of nitro benzene ring substituents is 1. The Hall–Kier alpha value is -1.14. The molecule has 0 bridgehead atoms. The van der Waals surface area contributed by atoms with Crippen LogP contribution in [0.5, 0.6) is 0 Å². The zero-order chi connectivity index (χ0) is 14.7. The van der Waals surface area contributed by atoms with Gasteiger partial charge in [-0.15, -0.1) is 0 Å². The smallest absolute Gasteiger partial charge is 0.292 e. The number of nitrogens with two attached hydrogens (primary N) is 1. The molecule has 0 radical (unpaired) electrons. The Bertz CT molecular complexity index is 495. The van der Waals surface area contributed by atoms with Crippen LogP contribution in [0, 0.1) is 16.0 Å². The summed E-state index contributed by atoms with van der Waals surface area (Å²) in [5, 5.41) is 11.2. The van der Waals surface area contributed by atoms with Gasteiger partial charge in [-0.25, -0.2) is 0 Å². The molecule has 0 aromatic heterocycles. The predicted molar refractivity (Wildman–Crippen MR) is 84.0 cm³/mol. The van der Waals surface area contributed by atoms with Crippen LogP contribution in [0.1, 0.15) is 26.2 Å². The summed E-state index contributed by atoms with van der Waals surface area (Å²) < 4.78 is 0.853. The Balaban J connectivity index is 2.34. The van der Waals surface area contributed by atoms with E-state index in [9.17, 15) is 10.1 Å². The fraction of sp³-hybridized carbons (Fsp3) is 0.571. The average molecular weight is 342 g/mol. The third-order valence-corrected chi connectivity index (χ3v) is 4.61. The fourth-order valence-corrected chi connectivity index (χ4v) is 3.28. The first kappa shape index (κ1) is 15.3. The van der Waals surface area contributed by atoms with Crippen LogP contribution >= 0.6 is 15.9 Å². The van der Waals surface area contributed by atoms with Gasteiger partial charge in [0.1, 0.15) is 5.69 Å². The minimum Gasteiger partial charge on any atom is -0.362 e. The van der Waals surface area contributed by atoms with Gasteiger partial charge in [-0.1, -0.05) is 29.3 Å². The highest BCUT2D eigenvalue weighted by Gasteiger charge is 2.30. The molecule has 2 unspecified atom stereocenters. The second-order valence-corrected chi connectivity index (χ2v) is 6.19. The lowest BCUT2D eigenvalue weighted by Gasteiger charge is -2.40. The van der Waals surface area contributed by atoms with Crippen molar-refractivity contribution < 1.29 is 4.92 Å². The molecule has 0 amide bonds. The number of hydrogen-bond acceptors (Lipinski definition) is 4. The molecule has 0 spiro atoms. The molecule has 1 aliphatic heterocycles. The Kier molecular flexibility index (Phi) is 4.99. The molecule has 0 saturated carbocycles. The predicted octanol–water partition coefficient (Wildman–Crippen LogP) is 3.31. The Labute approximate surface area is 127 Å². The van der Waals surface area contributed by atoms with Crippen LogP contribution in [0.3, 0.4) is 0 Å². The highest BCUT2D eigenvalue weighted by atomic mass is 79.9. The third kappa shape index (κ3) is 3.12. The first-order valence-electron chi connectivity index (χ1n) is 6.97. The molecule has 1 heterocycles. The number of piperidine rings is 1. The maximum atomic E-state index is 11.2. The van der Waals surface area contributed by atoms with E-state index in [4.69, 9.17) is 5.73 Å². The van der Waals surface area contributed by atoms with Crippen molar-refractivity contribution in [3.63, 3.8) is 0 Å². The highest BCUT2D eigenvalue weighted by Crippen LogP contribution is 2.36. The molecular formula is C14H20BrN3O2.